The Balaban J connectivity index is 1.82. The lowest BCUT2D eigenvalue weighted by Gasteiger charge is -2.07. The molecule has 1 aromatic rings. The van der Waals surface area contributed by atoms with E-state index in [0.717, 1.165) is 41.6 Å². The van der Waals surface area contributed by atoms with Crippen LogP contribution < -0.4 is 9.47 Å². The van der Waals surface area contributed by atoms with Crippen LogP contribution in [0.5, 0.6) is 11.5 Å². The number of ether oxygens (including phenoxy) is 2. The highest BCUT2D eigenvalue weighted by Gasteiger charge is 2.21. The Hall–Kier alpha value is -0.870. The molecule has 1 atom stereocenters. The molecule has 2 rings (SSSR count). The quantitative estimate of drug-likeness (QED) is 0.792. The molecule has 94 valence electrons. The van der Waals surface area contributed by atoms with Gasteiger partial charge in [0.25, 0.3) is 0 Å². The molecule has 0 spiro atoms. The first kappa shape index (κ1) is 12.6. The molecule has 0 aliphatic carbocycles. The number of hydrogen-bond donors (Lipinski definition) is 1. The first-order chi connectivity index (χ1) is 8.31. The van der Waals surface area contributed by atoms with Gasteiger partial charge in [0, 0.05) is 11.6 Å². The maximum Gasteiger partial charge on any atom is 0.129 e. The summed E-state index contributed by atoms with van der Waals surface area (Å²) >= 11 is 1.93. The largest absolute Gasteiger partial charge is 0.493 e. The van der Waals surface area contributed by atoms with Crippen LogP contribution in [0.2, 0.25) is 0 Å². The molecule has 4 heteroatoms. The molecule has 1 N–H and O–H groups in total. The molecular formula is C13H18O3S. The zero-order valence-electron chi connectivity index (χ0n) is 10.0. The molecule has 0 bridgehead atoms. The number of aliphatic hydroxyl groups excluding tert-OH is 1. The molecule has 1 aliphatic rings. The molecule has 0 fully saturated rings. The zero-order chi connectivity index (χ0) is 12.1. The SMILES string of the molecule is CCSCCCOc1ccc2c(c1)OCC2O. The van der Waals surface area contributed by atoms with Gasteiger partial charge in [-0.25, -0.2) is 0 Å². The molecular weight excluding hydrogens is 236 g/mol. The maximum absolute atomic E-state index is 9.58. The van der Waals surface area contributed by atoms with Crippen LogP contribution in [0.1, 0.15) is 25.0 Å². The fourth-order valence-corrected chi connectivity index (χ4v) is 2.37. The number of hydrogen-bond acceptors (Lipinski definition) is 4. The topological polar surface area (TPSA) is 38.7 Å². The van der Waals surface area contributed by atoms with E-state index < -0.39 is 6.10 Å². The van der Waals surface area contributed by atoms with Crippen molar-refractivity contribution in [3.63, 3.8) is 0 Å². The summed E-state index contributed by atoms with van der Waals surface area (Å²) in [7, 11) is 0. The molecule has 17 heavy (non-hydrogen) atoms. The summed E-state index contributed by atoms with van der Waals surface area (Å²) in [4.78, 5) is 0. The Morgan fingerprint density at radius 2 is 2.41 bits per heavy atom. The van der Waals surface area contributed by atoms with Gasteiger partial charge in [-0.15, -0.1) is 0 Å². The molecule has 0 saturated heterocycles. The van der Waals surface area contributed by atoms with Gasteiger partial charge >= 0.3 is 0 Å². The third kappa shape index (κ3) is 3.30. The van der Waals surface area contributed by atoms with E-state index in [1.54, 1.807) is 0 Å². The normalized spacial score (nSPS) is 17.6. The molecule has 0 saturated carbocycles. The van der Waals surface area contributed by atoms with E-state index in [1.165, 1.54) is 0 Å². The van der Waals surface area contributed by atoms with E-state index in [-0.39, 0.29) is 0 Å². The molecule has 1 heterocycles. The van der Waals surface area contributed by atoms with E-state index in [4.69, 9.17) is 9.47 Å². The highest BCUT2D eigenvalue weighted by atomic mass is 32.2. The van der Waals surface area contributed by atoms with Crippen molar-refractivity contribution < 1.29 is 14.6 Å². The van der Waals surface area contributed by atoms with Gasteiger partial charge in [0.1, 0.15) is 24.2 Å². The Labute approximate surface area is 106 Å². The van der Waals surface area contributed by atoms with E-state index >= 15 is 0 Å². The van der Waals surface area contributed by atoms with Crippen LogP contribution in [0.3, 0.4) is 0 Å². The van der Waals surface area contributed by atoms with Gasteiger partial charge in [0.2, 0.25) is 0 Å². The smallest absolute Gasteiger partial charge is 0.129 e. The van der Waals surface area contributed by atoms with Crippen LogP contribution in [-0.4, -0.2) is 29.8 Å². The van der Waals surface area contributed by atoms with Gasteiger partial charge in [-0.2, -0.15) is 11.8 Å². The van der Waals surface area contributed by atoms with Crippen molar-refractivity contribution in [2.24, 2.45) is 0 Å². The summed E-state index contributed by atoms with van der Waals surface area (Å²) in [5.74, 6) is 3.86. The van der Waals surface area contributed by atoms with E-state index in [1.807, 2.05) is 30.0 Å². The van der Waals surface area contributed by atoms with Gasteiger partial charge in [0.15, 0.2) is 0 Å². The second-order valence-electron chi connectivity index (χ2n) is 3.93. The molecule has 1 aromatic carbocycles. The first-order valence-corrected chi connectivity index (χ1v) is 7.12. The predicted molar refractivity (Wildman–Crippen MR) is 70.0 cm³/mol. The van der Waals surface area contributed by atoms with Gasteiger partial charge in [-0.05, 0) is 30.1 Å². The third-order valence-electron chi connectivity index (χ3n) is 2.65. The lowest BCUT2D eigenvalue weighted by atomic mass is 10.1. The van der Waals surface area contributed by atoms with Crippen molar-refractivity contribution in [2.45, 2.75) is 19.4 Å². The fraction of sp³-hybridized carbons (Fsp3) is 0.538. The molecule has 3 nitrogen and oxygen atoms in total. The standard InChI is InChI=1S/C13H18O3S/c1-2-17-7-3-6-15-10-4-5-11-12(14)9-16-13(11)8-10/h4-5,8,12,14H,2-3,6-7,9H2,1H3. The number of aliphatic hydroxyl groups is 1. The Morgan fingerprint density at radius 3 is 3.24 bits per heavy atom. The summed E-state index contributed by atoms with van der Waals surface area (Å²) in [6.45, 7) is 3.24. The molecule has 0 amide bonds. The van der Waals surface area contributed by atoms with Gasteiger partial charge in [-0.3, -0.25) is 0 Å². The van der Waals surface area contributed by atoms with Crippen molar-refractivity contribution >= 4 is 11.8 Å². The average Bonchev–Trinajstić information content (AvgIpc) is 2.71. The minimum atomic E-state index is -0.486. The molecule has 0 radical (unpaired) electrons. The monoisotopic (exact) mass is 254 g/mol. The van der Waals surface area contributed by atoms with Crippen molar-refractivity contribution in [1.29, 1.82) is 0 Å². The maximum atomic E-state index is 9.58. The third-order valence-corrected chi connectivity index (χ3v) is 3.63. The average molecular weight is 254 g/mol. The van der Waals surface area contributed by atoms with Crippen LogP contribution in [0.15, 0.2) is 18.2 Å². The number of benzene rings is 1. The zero-order valence-corrected chi connectivity index (χ0v) is 10.8. The van der Waals surface area contributed by atoms with Crippen molar-refractivity contribution in [3.05, 3.63) is 23.8 Å². The minimum Gasteiger partial charge on any atom is -0.493 e. The second-order valence-corrected chi connectivity index (χ2v) is 5.32. The Kier molecular flexibility index (Phi) is 4.57. The van der Waals surface area contributed by atoms with Crippen LogP contribution in [0, 0.1) is 0 Å². The van der Waals surface area contributed by atoms with Gasteiger partial charge < -0.3 is 14.6 Å². The summed E-state index contributed by atoms with van der Waals surface area (Å²) < 4.78 is 11.0. The van der Waals surface area contributed by atoms with Crippen LogP contribution in [0.4, 0.5) is 0 Å². The predicted octanol–water partition coefficient (Wildman–Crippen LogP) is 2.63. The highest BCUT2D eigenvalue weighted by Crippen LogP contribution is 2.34. The Morgan fingerprint density at radius 1 is 1.53 bits per heavy atom. The summed E-state index contributed by atoms with van der Waals surface area (Å²) in [6, 6.07) is 5.63. The van der Waals surface area contributed by atoms with E-state index in [9.17, 15) is 5.11 Å². The van der Waals surface area contributed by atoms with Crippen molar-refractivity contribution in [2.75, 3.05) is 24.7 Å². The molecule has 0 aromatic heterocycles. The van der Waals surface area contributed by atoms with Gasteiger partial charge in [0.05, 0.1) is 6.61 Å². The van der Waals surface area contributed by atoms with Crippen LogP contribution in [-0.2, 0) is 0 Å². The van der Waals surface area contributed by atoms with Gasteiger partial charge in [-0.1, -0.05) is 6.92 Å². The number of thioether (sulfide) groups is 1. The summed E-state index contributed by atoms with van der Waals surface area (Å²) in [6.07, 6.45) is 0.569. The molecule has 1 aliphatic heterocycles. The molecule has 1 unspecified atom stereocenters. The lowest BCUT2D eigenvalue weighted by Crippen LogP contribution is -1.99. The minimum absolute atomic E-state index is 0.353. The lowest BCUT2D eigenvalue weighted by molar-refractivity contribution is 0.140. The fourth-order valence-electron chi connectivity index (χ4n) is 1.76. The highest BCUT2D eigenvalue weighted by molar-refractivity contribution is 7.99. The van der Waals surface area contributed by atoms with Crippen molar-refractivity contribution in [1.82, 2.24) is 0 Å². The van der Waals surface area contributed by atoms with Crippen LogP contribution in [0.25, 0.3) is 0 Å². The number of rotatable bonds is 6. The van der Waals surface area contributed by atoms with E-state index in [0.29, 0.717) is 6.61 Å². The van der Waals surface area contributed by atoms with Crippen LogP contribution >= 0.6 is 11.8 Å². The first-order valence-electron chi connectivity index (χ1n) is 5.96. The Bertz CT molecular complexity index is 368. The summed E-state index contributed by atoms with van der Waals surface area (Å²) in [5.41, 5.74) is 0.860. The second kappa shape index (κ2) is 6.17. The van der Waals surface area contributed by atoms with Crippen molar-refractivity contribution in [3.8, 4) is 11.5 Å². The number of fused-ring (bicyclic) bond motifs is 1. The summed E-state index contributed by atoms with van der Waals surface area (Å²) in [5, 5.41) is 9.58. The van der Waals surface area contributed by atoms with E-state index in [2.05, 4.69) is 6.92 Å².